The van der Waals surface area contributed by atoms with Gasteiger partial charge in [-0.15, -0.1) is 24.8 Å². The number of nitro benzene ring substituents is 1. The largest absolute Gasteiger partial charge is 0.314 e. The Morgan fingerprint density at radius 3 is 2.52 bits per heavy atom. The third-order valence-electron chi connectivity index (χ3n) is 4.39. The summed E-state index contributed by atoms with van der Waals surface area (Å²) in [5.41, 5.74) is 0.578. The maximum atomic E-state index is 13.4. The lowest BCUT2D eigenvalue weighted by Gasteiger charge is -2.35. The average Bonchev–Trinajstić information content (AvgIpc) is 3.30. The van der Waals surface area contributed by atoms with E-state index >= 15 is 0 Å². The van der Waals surface area contributed by atoms with E-state index in [9.17, 15) is 14.5 Å². The molecule has 0 aromatic heterocycles. The Bertz CT molecular complexity index is 537. The van der Waals surface area contributed by atoms with E-state index in [0.717, 1.165) is 38.7 Å². The predicted octanol–water partition coefficient (Wildman–Crippen LogP) is 3.32. The molecule has 1 N–H and O–H groups in total. The maximum absolute atomic E-state index is 13.4. The van der Waals surface area contributed by atoms with Gasteiger partial charge in [-0.25, -0.2) is 4.39 Å². The topological polar surface area (TPSA) is 58.4 Å². The van der Waals surface area contributed by atoms with Crippen LogP contribution in [0.25, 0.3) is 0 Å². The molecule has 1 heterocycles. The molecule has 1 saturated heterocycles. The monoisotopic (exact) mass is 365 g/mol. The summed E-state index contributed by atoms with van der Waals surface area (Å²) in [4.78, 5) is 13.1. The molecule has 8 heteroatoms. The summed E-state index contributed by atoms with van der Waals surface area (Å²) in [5, 5.41) is 14.6. The van der Waals surface area contributed by atoms with Crippen LogP contribution in [0.4, 0.5) is 10.1 Å². The van der Waals surface area contributed by atoms with Crippen LogP contribution in [-0.4, -0.2) is 36.0 Å². The Morgan fingerprint density at radius 2 is 1.96 bits per heavy atom. The van der Waals surface area contributed by atoms with E-state index in [1.165, 1.54) is 18.9 Å². The Labute approximate surface area is 147 Å². The highest BCUT2D eigenvalue weighted by Gasteiger charge is 2.34. The summed E-state index contributed by atoms with van der Waals surface area (Å²) in [7, 11) is 0. The molecule has 3 rings (SSSR count). The normalized spacial score (nSPS) is 19.3. The quantitative estimate of drug-likeness (QED) is 0.642. The lowest BCUT2D eigenvalue weighted by Crippen LogP contribution is -2.45. The van der Waals surface area contributed by atoms with Gasteiger partial charge in [-0.1, -0.05) is 12.8 Å². The zero-order chi connectivity index (χ0) is 14.8. The number of nitro groups is 1. The fraction of sp³-hybridized carbons (Fsp3) is 0.600. The minimum atomic E-state index is -0.545. The molecule has 0 radical (unpaired) electrons. The van der Waals surface area contributed by atoms with Crippen molar-refractivity contribution in [1.82, 2.24) is 10.2 Å². The first kappa shape index (κ1) is 20.1. The summed E-state index contributed by atoms with van der Waals surface area (Å²) >= 11 is 0. The van der Waals surface area contributed by atoms with E-state index in [1.807, 2.05) is 0 Å². The molecular weight excluding hydrogens is 344 g/mol. The summed E-state index contributed by atoms with van der Waals surface area (Å²) in [6, 6.07) is 4.02. The summed E-state index contributed by atoms with van der Waals surface area (Å²) in [6.45, 7) is 3.56. The lowest BCUT2D eigenvalue weighted by molar-refractivity contribution is -0.386. The van der Waals surface area contributed by atoms with Crippen molar-refractivity contribution in [2.24, 2.45) is 5.92 Å². The third kappa shape index (κ3) is 5.01. The first-order chi connectivity index (χ1) is 10.1. The number of nitrogens with zero attached hydrogens (tertiary/aromatic N) is 2. The van der Waals surface area contributed by atoms with E-state index in [2.05, 4.69) is 10.2 Å². The molecule has 130 valence electrons. The highest BCUT2D eigenvalue weighted by Crippen LogP contribution is 2.42. The molecule has 0 amide bonds. The van der Waals surface area contributed by atoms with Crippen LogP contribution in [-0.2, 0) is 0 Å². The van der Waals surface area contributed by atoms with Crippen molar-refractivity contribution in [3.05, 3.63) is 39.7 Å². The number of benzene rings is 1. The molecule has 2 aliphatic rings. The second-order valence-corrected chi connectivity index (χ2v) is 5.94. The van der Waals surface area contributed by atoms with Gasteiger partial charge in [0, 0.05) is 37.8 Å². The number of halogens is 3. The highest BCUT2D eigenvalue weighted by molar-refractivity contribution is 5.85. The molecule has 1 atom stereocenters. The minimum absolute atomic E-state index is 0. The van der Waals surface area contributed by atoms with E-state index in [0.29, 0.717) is 11.5 Å². The molecule has 1 aromatic carbocycles. The third-order valence-corrected chi connectivity index (χ3v) is 4.39. The van der Waals surface area contributed by atoms with Crippen LogP contribution in [0.5, 0.6) is 0 Å². The zero-order valence-corrected chi connectivity index (χ0v) is 14.4. The Balaban J connectivity index is 0.00000132. The molecule has 1 aliphatic carbocycles. The van der Waals surface area contributed by atoms with Crippen LogP contribution < -0.4 is 5.32 Å². The smallest absolute Gasteiger partial charge is 0.277 e. The first-order valence-electron chi connectivity index (χ1n) is 7.54. The van der Waals surface area contributed by atoms with Crippen molar-refractivity contribution < 1.29 is 9.31 Å². The number of hydrogen-bond acceptors (Lipinski definition) is 4. The van der Waals surface area contributed by atoms with Crippen molar-refractivity contribution in [3.63, 3.8) is 0 Å². The highest BCUT2D eigenvalue weighted by atomic mass is 35.5. The first-order valence-corrected chi connectivity index (χ1v) is 7.54. The maximum Gasteiger partial charge on any atom is 0.277 e. The molecule has 23 heavy (non-hydrogen) atoms. The van der Waals surface area contributed by atoms with Gasteiger partial charge < -0.3 is 5.32 Å². The van der Waals surface area contributed by atoms with Gasteiger partial charge >= 0.3 is 0 Å². The van der Waals surface area contributed by atoms with Crippen molar-refractivity contribution in [1.29, 1.82) is 0 Å². The second kappa shape index (κ2) is 8.78. The molecular formula is C15H22Cl2FN3O2. The van der Waals surface area contributed by atoms with Crippen LogP contribution in [0.2, 0.25) is 0 Å². The van der Waals surface area contributed by atoms with Gasteiger partial charge in [-0.05, 0) is 24.5 Å². The fourth-order valence-corrected chi connectivity index (χ4v) is 3.09. The number of nitrogens with one attached hydrogen (secondary N) is 1. The summed E-state index contributed by atoms with van der Waals surface area (Å²) in [5.74, 6) is 0.116. The van der Waals surface area contributed by atoms with Crippen LogP contribution >= 0.6 is 24.8 Å². The number of piperazine rings is 1. The van der Waals surface area contributed by atoms with Crippen LogP contribution in [0.15, 0.2) is 18.2 Å². The standard InChI is InChI=1S/C15H20FN3O2.2ClH/c16-12-3-4-13(15(10-12)19(20)21)14(9-11-1-2-11)18-7-5-17-6-8-18;;/h3-4,10-11,14,17H,1-2,5-9H2;2*1H/t14-;;/m1../s1. The van der Waals surface area contributed by atoms with Crippen molar-refractivity contribution in [2.45, 2.75) is 25.3 Å². The zero-order valence-electron chi connectivity index (χ0n) is 12.7. The SMILES string of the molecule is Cl.Cl.O=[N+]([O-])c1cc(F)ccc1[C@@H](CC1CC1)N1CCNCC1. The van der Waals surface area contributed by atoms with E-state index in [4.69, 9.17) is 0 Å². The summed E-state index contributed by atoms with van der Waals surface area (Å²) < 4.78 is 13.4. The molecule has 1 aromatic rings. The van der Waals surface area contributed by atoms with Crippen LogP contribution in [0.1, 0.15) is 30.9 Å². The fourth-order valence-electron chi connectivity index (χ4n) is 3.09. The van der Waals surface area contributed by atoms with Gasteiger partial charge in [0.25, 0.3) is 5.69 Å². The van der Waals surface area contributed by atoms with E-state index < -0.39 is 10.7 Å². The van der Waals surface area contributed by atoms with E-state index in [1.54, 1.807) is 6.07 Å². The van der Waals surface area contributed by atoms with Gasteiger partial charge in [0.05, 0.1) is 11.0 Å². The molecule has 0 spiro atoms. The molecule has 1 aliphatic heterocycles. The van der Waals surface area contributed by atoms with Gasteiger partial charge in [0.2, 0.25) is 0 Å². The summed E-state index contributed by atoms with van der Waals surface area (Å²) in [6.07, 6.45) is 3.35. The van der Waals surface area contributed by atoms with Gasteiger partial charge in [-0.2, -0.15) is 0 Å². The molecule has 1 saturated carbocycles. The van der Waals surface area contributed by atoms with Crippen molar-refractivity contribution >= 4 is 30.5 Å². The van der Waals surface area contributed by atoms with Gasteiger partial charge in [-0.3, -0.25) is 15.0 Å². The van der Waals surface area contributed by atoms with Gasteiger partial charge in [0.1, 0.15) is 5.82 Å². The molecule has 5 nitrogen and oxygen atoms in total. The lowest BCUT2D eigenvalue weighted by atomic mass is 9.97. The molecule has 0 bridgehead atoms. The molecule has 2 fully saturated rings. The van der Waals surface area contributed by atoms with Crippen molar-refractivity contribution in [2.75, 3.05) is 26.2 Å². The predicted molar refractivity (Wildman–Crippen MR) is 92.1 cm³/mol. The Hall–Kier alpha value is -0.950. The Morgan fingerprint density at radius 1 is 1.30 bits per heavy atom. The molecule has 0 unspecified atom stereocenters. The average molecular weight is 366 g/mol. The number of hydrogen-bond donors (Lipinski definition) is 1. The number of rotatable bonds is 5. The van der Waals surface area contributed by atoms with Crippen molar-refractivity contribution in [3.8, 4) is 0 Å². The van der Waals surface area contributed by atoms with Crippen LogP contribution in [0.3, 0.4) is 0 Å². The van der Waals surface area contributed by atoms with Crippen LogP contribution in [0, 0.1) is 21.8 Å². The van der Waals surface area contributed by atoms with Gasteiger partial charge in [0.15, 0.2) is 0 Å². The van der Waals surface area contributed by atoms with E-state index in [-0.39, 0.29) is 36.5 Å². The minimum Gasteiger partial charge on any atom is -0.314 e. The Kier molecular flexibility index (Phi) is 7.67. The second-order valence-electron chi connectivity index (χ2n) is 5.94.